The SMILES string of the molecule is O=[N+]([O-])c1cccc(C2(C(F)(F)F)NN2)c1. The van der Waals surface area contributed by atoms with E-state index in [9.17, 15) is 23.3 Å². The topological polar surface area (TPSA) is 87.0 Å². The zero-order valence-electron chi connectivity index (χ0n) is 7.71. The number of non-ortho nitro benzene ring substituents is 1. The third-order valence-electron chi connectivity index (χ3n) is 2.29. The van der Waals surface area contributed by atoms with Crippen LogP contribution >= 0.6 is 0 Å². The fourth-order valence-electron chi connectivity index (χ4n) is 1.36. The first-order valence-electron chi connectivity index (χ1n) is 4.23. The Kier molecular flexibility index (Phi) is 2.14. The lowest BCUT2D eigenvalue weighted by molar-refractivity contribution is -0.385. The van der Waals surface area contributed by atoms with Gasteiger partial charge >= 0.3 is 6.18 Å². The van der Waals surface area contributed by atoms with Crippen LogP contribution in [0.2, 0.25) is 0 Å². The van der Waals surface area contributed by atoms with Gasteiger partial charge in [-0.05, 0) is 0 Å². The van der Waals surface area contributed by atoms with Gasteiger partial charge in [-0.1, -0.05) is 12.1 Å². The number of alkyl halides is 3. The predicted molar refractivity (Wildman–Crippen MR) is 47.1 cm³/mol. The lowest BCUT2D eigenvalue weighted by Crippen LogP contribution is -2.34. The summed E-state index contributed by atoms with van der Waals surface area (Å²) < 4.78 is 37.9. The molecule has 1 heterocycles. The number of hydrogen-bond acceptors (Lipinski definition) is 4. The van der Waals surface area contributed by atoms with Gasteiger partial charge in [-0.2, -0.15) is 13.2 Å². The van der Waals surface area contributed by atoms with E-state index in [0.717, 1.165) is 12.1 Å². The molecule has 0 radical (unpaired) electrons. The standard InChI is InChI=1S/C8H6F3N3O2/c9-8(10,11)7(12-13-7)5-2-1-3-6(4-5)14(15)16/h1-4,12-13H. The van der Waals surface area contributed by atoms with Crippen molar-refractivity contribution in [1.29, 1.82) is 0 Å². The van der Waals surface area contributed by atoms with Crippen LogP contribution in [0.3, 0.4) is 0 Å². The number of nitrogens with zero attached hydrogens (tertiary/aromatic N) is 1. The van der Waals surface area contributed by atoms with Gasteiger partial charge in [-0.3, -0.25) is 10.1 Å². The van der Waals surface area contributed by atoms with Gasteiger partial charge in [0.2, 0.25) is 5.66 Å². The summed E-state index contributed by atoms with van der Waals surface area (Å²) in [4.78, 5) is 9.69. The van der Waals surface area contributed by atoms with E-state index in [-0.39, 0.29) is 11.3 Å². The third kappa shape index (κ3) is 1.51. The molecule has 2 N–H and O–H groups in total. The minimum absolute atomic E-state index is 0.228. The molecule has 1 aliphatic heterocycles. The van der Waals surface area contributed by atoms with Crippen molar-refractivity contribution in [1.82, 2.24) is 10.9 Å². The zero-order chi connectivity index (χ0) is 12.0. The van der Waals surface area contributed by atoms with Crippen molar-refractivity contribution in [2.45, 2.75) is 11.8 Å². The number of nitrogens with one attached hydrogen (secondary N) is 2. The van der Waals surface area contributed by atoms with E-state index in [4.69, 9.17) is 0 Å². The Morgan fingerprint density at radius 3 is 2.38 bits per heavy atom. The highest BCUT2D eigenvalue weighted by molar-refractivity contribution is 5.40. The second-order valence-electron chi connectivity index (χ2n) is 3.31. The summed E-state index contributed by atoms with van der Waals surface area (Å²) in [5, 5.41) is 10.4. The van der Waals surface area contributed by atoms with E-state index >= 15 is 0 Å². The number of nitro benzene ring substituents is 1. The van der Waals surface area contributed by atoms with E-state index in [1.165, 1.54) is 12.1 Å². The van der Waals surface area contributed by atoms with Gasteiger partial charge in [0, 0.05) is 17.7 Å². The van der Waals surface area contributed by atoms with Gasteiger partial charge < -0.3 is 0 Å². The third-order valence-corrected chi connectivity index (χ3v) is 2.29. The first-order chi connectivity index (χ1) is 7.37. The molecule has 0 atom stereocenters. The van der Waals surface area contributed by atoms with Crippen molar-refractivity contribution >= 4 is 5.69 Å². The second-order valence-corrected chi connectivity index (χ2v) is 3.31. The molecular weight excluding hydrogens is 227 g/mol. The number of hydrogen-bond donors (Lipinski definition) is 2. The number of benzene rings is 1. The van der Waals surface area contributed by atoms with Crippen molar-refractivity contribution in [3.63, 3.8) is 0 Å². The number of hydrazine groups is 1. The van der Waals surface area contributed by atoms with Gasteiger partial charge in [0.1, 0.15) is 0 Å². The van der Waals surface area contributed by atoms with Crippen molar-refractivity contribution in [2.24, 2.45) is 0 Å². The minimum Gasteiger partial charge on any atom is -0.258 e. The molecule has 1 aliphatic rings. The van der Waals surface area contributed by atoms with Gasteiger partial charge in [0.05, 0.1) is 4.92 Å². The first-order valence-corrected chi connectivity index (χ1v) is 4.23. The molecule has 0 amide bonds. The molecule has 0 unspecified atom stereocenters. The Balaban J connectivity index is 2.42. The molecule has 1 aromatic rings. The first kappa shape index (κ1) is 10.8. The molecule has 0 saturated carbocycles. The van der Waals surface area contributed by atoms with E-state index in [1.807, 2.05) is 10.9 Å². The van der Waals surface area contributed by atoms with Crippen LogP contribution in [0, 0.1) is 10.1 Å². The maximum absolute atomic E-state index is 12.6. The Morgan fingerprint density at radius 2 is 1.94 bits per heavy atom. The van der Waals surface area contributed by atoms with Gasteiger partial charge in [-0.25, -0.2) is 10.9 Å². The van der Waals surface area contributed by atoms with Crippen molar-refractivity contribution in [3.8, 4) is 0 Å². The number of rotatable bonds is 2. The molecule has 2 rings (SSSR count). The summed E-state index contributed by atoms with van der Waals surface area (Å²) in [6.45, 7) is 0. The smallest absolute Gasteiger partial charge is 0.258 e. The maximum Gasteiger partial charge on any atom is 0.426 e. The molecule has 0 aliphatic carbocycles. The average Bonchev–Trinajstić information content (AvgIpc) is 2.97. The molecule has 1 saturated heterocycles. The molecule has 0 bridgehead atoms. The van der Waals surface area contributed by atoms with E-state index in [1.54, 1.807) is 0 Å². The molecular formula is C8H6F3N3O2. The summed E-state index contributed by atoms with van der Waals surface area (Å²) in [5.41, 5.74) is 0.991. The number of nitro groups is 1. The summed E-state index contributed by atoms with van der Waals surface area (Å²) >= 11 is 0. The molecule has 1 fully saturated rings. The van der Waals surface area contributed by atoms with Gasteiger partial charge in [0.15, 0.2) is 0 Å². The fourth-order valence-corrected chi connectivity index (χ4v) is 1.36. The van der Waals surface area contributed by atoms with Gasteiger partial charge in [0.25, 0.3) is 5.69 Å². The second kappa shape index (κ2) is 3.16. The molecule has 86 valence electrons. The van der Waals surface area contributed by atoms with Crippen LogP contribution in [0.25, 0.3) is 0 Å². The van der Waals surface area contributed by atoms with Crippen LogP contribution in [0.1, 0.15) is 5.56 Å². The zero-order valence-corrected chi connectivity index (χ0v) is 7.71. The quantitative estimate of drug-likeness (QED) is 0.459. The lowest BCUT2D eigenvalue weighted by atomic mass is 10.0. The number of halogens is 3. The minimum atomic E-state index is -4.55. The van der Waals surface area contributed by atoms with Crippen LogP contribution in [-0.4, -0.2) is 11.1 Å². The van der Waals surface area contributed by atoms with E-state index in [0.29, 0.717) is 0 Å². The van der Waals surface area contributed by atoms with Crippen molar-refractivity contribution < 1.29 is 18.1 Å². The summed E-state index contributed by atoms with van der Waals surface area (Å²) in [7, 11) is 0. The lowest BCUT2D eigenvalue weighted by Gasteiger charge is -2.15. The average molecular weight is 233 g/mol. The Labute approximate surface area is 87.4 Å². The highest BCUT2D eigenvalue weighted by Gasteiger charge is 2.65. The summed E-state index contributed by atoms with van der Waals surface area (Å²) in [5.74, 6) is 0. The fraction of sp³-hybridized carbons (Fsp3) is 0.250. The van der Waals surface area contributed by atoms with Crippen molar-refractivity contribution in [2.75, 3.05) is 0 Å². The van der Waals surface area contributed by atoms with Crippen LogP contribution in [0.5, 0.6) is 0 Å². The molecule has 8 heteroatoms. The van der Waals surface area contributed by atoms with E-state index < -0.39 is 16.8 Å². The van der Waals surface area contributed by atoms with Crippen LogP contribution in [0.4, 0.5) is 18.9 Å². The molecule has 5 nitrogen and oxygen atoms in total. The highest BCUT2D eigenvalue weighted by Crippen LogP contribution is 2.42. The summed E-state index contributed by atoms with van der Waals surface area (Å²) in [6.07, 6.45) is -4.55. The van der Waals surface area contributed by atoms with Crippen LogP contribution in [-0.2, 0) is 5.66 Å². The maximum atomic E-state index is 12.6. The molecule has 16 heavy (non-hydrogen) atoms. The van der Waals surface area contributed by atoms with Gasteiger partial charge in [-0.15, -0.1) is 0 Å². The summed E-state index contributed by atoms with van der Waals surface area (Å²) in [6, 6.07) is 4.41. The van der Waals surface area contributed by atoms with Crippen molar-refractivity contribution in [3.05, 3.63) is 39.9 Å². The highest BCUT2D eigenvalue weighted by atomic mass is 19.4. The van der Waals surface area contributed by atoms with E-state index in [2.05, 4.69) is 0 Å². The molecule has 0 spiro atoms. The Bertz CT molecular complexity index is 442. The molecule has 0 aromatic heterocycles. The van der Waals surface area contributed by atoms with Crippen LogP contribution in [0.15, 0.2) is 24.3 Å². The largest absolute Gasteiger partial charge is 0.426 e. The van der Waals surface area contributed by atoms with Crippen LogP contribution < -0.4 is 10.9 Å². The monoisotopic (exact) mass is 233 g/mol. The normalized spacial score (nSPS) is 18.2. The predicted octanol–water partition coefficient (Wildman–Crippen LogP) is 1.42. The Hall–Kier alpha value is -1.67. The molecule has 1 aromatic carbocycles. The Morgan fingerprint density at radius 1 is 1.31 bits per heavy atom.